The highest BCUT2D eigenvalue weighted by molar-refractivity contribution is 6.04. The van der Waals surface area contributed by atoms with Gasteiger partial charge in [0.1, 0.15) is 5.69 Å². The van der Waals surface area contributed by atoms with Crippen LogP contribution in [0.15, 0.2) is 54.7 Å². The largest absolute Gasteiger partial charge is 0.433 e. The number of benzene rings is 2. The lowest BCUT2D eigenvalue weighted by Gasteiger charge is -2.45. The number of carbonyl (C=O) groups is 2. The topological polar surface area (TPSA) is 83.6 Å². The number of aromatic nitrogens is 1. The third-order valence-corrected chi connectivity index (χ3v) is 7.17. The number of rotatable bonds is 4. The zero-order valence-corrected chi connectivity index (χ0v) is 20.9. The van der Waals surface area contributed by atoms with Crippen LogP contribution in [0, 0.1) is 12.8 Å². The Bertz CT molecular complexity index is 1390. The normalized spacial score (nSPS) is 18.8. The van der Waals surface area contributed by atoms with E-state index < -0.39 is 17.8 Å². The highest BCUT2D eigenvalue weighted by Crippen LogP contribution is 2.39. The Morgan fingerprint density at radius 1 is 1.11 bits per heavy atom. The summed E-state index contributed by atoms with van der Waals surface area (Å²) in [6.07, 6.45) is -3.06. The van der Waals surface area contributed by atoms with E-state index in [-0.39, 0.29) is 23.4 Å². The molecule has 7 nitrogen and oxygen atoms in total. The molecule has 198 valence electrons. The molecule has 2 amide bonds. The number of fused-ring (bicyclic) bond motifs is 3. The predicted octanol–water partition coefficient (Wildman–Crippen LogP) is 4.45. The summed E-state index contributed by atoms with van der Waals surface area (Å²) in [5, 5.41) is 5.47. The summed E-state index contributed by atoms with van der Waals surface area (Å²) in [5.41, 5.74) is 4.14. The minimum atomic E-state index is -4.64. The van der Waals surface area contributed by atoms with Crippen LogP contribution in [0.4, 0.5) is 24.5 Å². The molecule has 2 aliphatic rings. The summed E-state index contributed by atoms with van der Waals surface area (Å²) in [4.78, 5) is 30.9. The van der Waals surface area contributed by atoms with Crippen molar-refractivity contribution < 1.29 is 27.5 Å². The van der Waals surface area contributed by atoms with Crippen LogP contribution in [-0.4, -0.2) is 49.6 Å². The van der Waals surface area contributed by atoms with Crippen molar-refractivity contribution in [3.8, 4) is 11.1 Å². The molecule has 3 aromatic rings. The monoisotopic (exact) mass is 524 g/mol. The first kappa shape index (κ1) is 25.7. The second-order valence-corrected chi connectivity index (χ2v) is 9.52. The van der Waals surface area contributed by atoms with Crippen LogP contribution < -0.4 is 15.5 Å². The zero-order valence-electron chi connectivity index (χ0n) is 20.9. The molecule has 0 radical (unpaired) electrons. The molecule has 1 aromatic heterocycles. The number of pyridine rings is 1. The number of nitrogens with zero attached hydrogens (tertiary/aromatic N) is 2. The Hall–Kier alpha value is -3.92. The van der Waals surface area contributed by atoms with Gasteiger partial charge >= 0.3 is 6.18 Å². The lowest BCUT2D eigenvalue weighted by atomic mass is 9.83. The van der Waals surface area contributed by atoms with E-state index in [0.29, 0.717) is 31.9 Å². The number of amides is 2. The second kappa shape index (κ2) is 10.1. The minimum absolute atomic E-state index is 0.00364. The molecule has 1 saturated heterocycles. The fourth-order valence-corrected chi connectivity index (χ4v) is 5.19. The van der Waals surface area contributed by atoms with E-state index in [1.54, 1.807) is 13.1 Å². The third kappa shape index (κ3) is 4.96. The summed E-state index contributed by atoms with van der Waals surface area (Å²) in [5.74, 6) is -0.865. The van der Waals surface area contributed by atoms with Crippen LogP contribution in [0.3, 0.4) is 0 Å². The van der Waals surface area contributed by atoms with E-state index in [2.05, 4.69) is 26.6 Å². The molecule has 1 unspecified atom stereocenters. The molecule has 0 spiro atoms. The highest BCUT2D eigenvalue weighted by Gasteiger charge is 2.40. The molecule has 5 rings (SSSR count). The first-order chi connectivity index (χ1) is 18.2. The van der Waals surface area contributed by atoms with Gasteiger partial charge in [0.25, 0.3) is 5.91 Å². The number of halogens is 3. The number of nitrogens with one attached hydrogen (secondary N) is 2. The minimum Gasteiger partial charge on any atom is -0.377 e. The van der Waals surface area contributed by atoms with Crippen molar-refractivity contribution >= 4 is 23.2 Å². The molecule has 0 bridgehead atoms. The maximum Gasteiger partial charge on any atom is 0.433 e. The molecule has 2 aliphatic heterocycles. The first-order valence-corrected chi connectivity index (χ1v) is 12.3. The van der Waals surface area contributed by atoms with Gasteiger partial charge in [-0.15, -0.1) is 0 Å². The van der Waals surface area contributed by atoms with Gasteiger partial charge in [0.05, 0.1) is 25.2 Å². The Labute approximate surface area is 218 Å². The standard InChI is InChI=1S/C28H27F3N4O3/c1-16-3-6-20(34-26(36)19-7-8-33-25(13-19)28(29,30)31)14-21(16)17-4-5-18-11-22(27(37)32-2)24-15-38-10-9-35(24)23(18)12-17/h3-8,12-14,22,24H,9-11,15H2,1-2H3,(H,32,37)(H,34,36)/t22?,24-/m1/s1. The Balaban J connectivity index is 1.44. The number of hydrogen-bond acceptors (Lipinski definition) is 5. The highest BCUT2D eigenvalue weighted by atomic mass is 19.4. The molecule has 2 N–H and O–H groups in total. The number of alkyl halides is 3. The number of anilines is 2. The number of morpholine rings is 1. The quantitative estimate of drug-likeness (QED) is 0.527. The van der Waals surface area contributed by atoms with Crippen LogP contribution >= 0.6 is 0 Å². The van der Waals surface area contributed by atoms with E-state index in [4.69, 9.17) is 4.74 Å². The van der Waals surface area contributed by atoms with E-state index in [1.807, 2.05) is 31.2 Å². The molecule has 0 aliphatic carbocycles. The number of carbonyl (C=O) groups excluding carboxylic acids is 2. The van der Waals surface area contributed by atoms with Gasteiger partial charge < -0.3 is 20.3 Å². The van der Waals surface area contributed by atoms with Gasteiger partial charge in [-0.2, -0.15) is 13.2 Å². The van der Waals surface area contributed by atoms with Gasteiger partial charge in [0, 0.05) is 36.7 Å². The van der Waals surface area contributed by atoms with Crippen LogP contribution in [0.1, 0.15) is 27.2 Å². The van der Waals surface area contributed by atoms with Crippen molar-refractivity contribution in [1.29, 1.82) is 0 Å². The van der Waals surface area contributed by atoms with Gasteiger partial charge in [-0.05, 0) is 65.9 Å². The third-order valence-electron chi connectivity index (χ3n) is 7.17. The summed E-state index contributed by atoms with van der Waals surface area (Å²) < 4.78 is 44.8. The van der Waals surface area contributed by atoms with Crippen molar-refractivity contribution in [2.75, 3.05) is 37.0 Å². The predicted molar refractivity (Wildman–Crippen MR) is 137 cm³/mol. The van der Waals surface area contributed by atoms with Crippen LogP contribution in [0.2, 0.25) is 0 Å². The average Bonchev–Trinajstić information content (AvgIpc) is 2.92. The van der Waals surface area contributed by atoms with Crippen molar-refractivity contribution in [3.05, 3.63) is 77.1 Å². The van der Waals surface area contributed by atoms with Gasteiger partial charge in [-0.25, -0.2) is 0 Å². The van der Waals surface area contributed by atoms with Gasteiger partial charge in [0.2, 0.25) is 5.91 Å². The smallest absolute Gasteiger partial charge is 0.377 e. The van der Waals surface area contributed by atoms with Crippen LogP contribution in [0.25, 0.3) is 11.1 Å². The maximum absolute atomic E-state index is 13.0. The fraction of sp³-hybridized carbons (Fsp3) is 0.321. The second-order valence-electron chi connectivity index (χ2n) is 9.52. The number of ether oxygens (including phenoxy) is 1. The maximum atomic E-state index is 13.0. The summed E-state index contributed by atoms with van der Waals surface area (Å²) in [6.45, 7) is 3.69. The van der Waals surface area contributed by atoms with E-state index >= 15 is 0 Å². The van der Waals surface area contributed by atoms with Crippen molar-refractivity contribution in [2.24, 2.45) is 5.92 Å². The molecule has 0 saturated carbocycles. The molecule has 1 fully saturated rings. The Morgan fingerprint density at radius 2 is 1.92 bits per heavy atom. The molecule has 2 aromatic carbocycles. The Kier molecular flexibility index (Phi) is 6.83. The van der Waals surface area contributed by atoms with Gasteiger partial charge in [-0.3, -0.25) is 14.6 Å². The molecule has 3 heterocycles. The number of hydrogen-bond donors (Lipinski definition) is 2. The SMILES string of the molecule is CNC(=O)C1Cc2ccc(-c3cc(NC(=O)c4ccnc(C(F)(F)F)c4)ccc3C)cc2N2CCOC[C@H]12. The lowest BCUT2D eigenvalue weighted by molar-refractivity contribution is -0.141. The molecule has 10 heteroatoms. The van der Waals surface area contributed by atoms with E-state index in [9.17, 15) is 22.8 Å². The van der Waals surface area contributed by atoms with Gasteiger partial charge in [-0.1, -0.05) is 18.2 Å². The summed E-state index contributed by atoms with van der Waals surface area (Å²) in [6, 6.07) is 13.4. The van der Waals surface area contributed by atoms with E-state index in [0.717, 1.165) is 40.2 Å². The zero-order chi connectivity index (χ0) is 27.0. The molecular weight excluding hydrogens is 497 g/mol. The average molecular weight is 525 g/mol. The molecule has 2 atom stereocenters. The summed E-state index contributed by atoms with van der Waals surface area (Å²) >= 11 is 0. The first-order valence-electron chi connectivity index (χ1n) is 12.3. The fourth-order valence-electron chi connectivity index (χ4n) is 5.19. The van der Waals surface area contributed by atoms with E-state index in [1.165, 1.54) is 6.07 Å². The van der Waals surface area contributed by atoms with Crippen molar-refractivity contribution in [3.63, 3.8) is 0 Å². The molecular formula is C28H27F3N4O3. The van der Waals surface area contributed by atoms with Crippen LogP contribution in [-0.2, 0) is 22.1 Å². The lowest BCUT2D eigenvalue weighted by Crippen LogP contribution is -2.56. The van der Waals surface area contributed by atoms with Crippen molar-refractivity contribution in [2.45, 2.75) is 25.6 Å². The van der Waals surface area contributed by atoms with Gasteiger partial charge in [0.15, 0.2) is 0 Å². The number of aryl methyl sites for hydroxylation is 1. The van der Waals surface area contributed by atoms with Crippen LogP contribution in [0.5, 0.6) is 0 Å². The van der Waals surface area contributed by atoms with Crippen molar-refractivity contribution in [1.82, 2.24) is 10.3 Å². The molecule has 38 heavy (non-hydrogen) atoms. The summed E-state index contributed by atoms with van der Waals surface area (Å²) in [7, 11) is 1.65. The Morgan fingerprint density at radius 3 is 2.68 bits per heavy atom.